The van der Waals surface area contributed by atoms with Crippen LogP contribution in [-0.2, 0) is 0 Å². The van der Waals surface area contributed by atoms with Gasteiger partial charge in [-0.1, -0.05) is 0 Å². The van der Waals surface area contributed by atoms with E-state index in [9.17, 15) is 14.5 Å². The number of aryl methyl sites for hydroxylation is 1. The zero-order valence-electron chi connectivity index (χ0n) is 13.9. The topological polar surface area (TPSA) is 83.1 Å². The Morgan fingerprint density at radius 1 is 1.35 bits per heavy atom. The van der Waals surface area contributed by atoms with Gasteiger partial charge in [0.25, 0.3) is 0 Å². The number of benzene rings is 1. The second-order valence-electron chi connectivity index (χ2n) is 5.60. The van der Waals surface area contributed by atoms with E-state index in [0.717, 1.165) is 5.69 Å². The Balaban J connectivity index is 2.01. The van der Waals surface area contributed by atoms with Crippen LogP contribution in [0.4, 0.5) is 10.2 Å². The molecule has 0 saturated heterocycles. The van der Waals surface area contributed by atoms with Gasteiger partial charge in [-0.15, -0.1) is 0 Å². The van der Waals surface area contributed by atoms with Gasteiger partial charge < -0.3 is 14.9 Å². The first-order valence-corrected chi connectivity index (χ1v) is 8.43. The van der Waals surface area contributed by atoms with Crippen LogP contribution in [0.3, 0.4) is 0 Å². The SMILES string of the molecule is Cc1ccn(-c2ccc(F)cc2C(C)Oc2cc(Br)cnc2[N+](=O)[O-])n1. The highest BCUT2D eigenvalue weighted by Gasteiger charge is 2.22. The van der Waals surface area contributed by atoms with Gasteiger partial charge >= 0.3 is 5.82 Å². The lowest BCUT2D eigenvalue weighted by molar-refractivity contribution is -0.390. The first-order chi connectivity index (χ1) is 12.3. The van der Waals surface area contributed by atoms with Gasteiger partial charge in [0.15, 0.2) is 6.20 Å². The molecular formula is C17H14BrFN4O3. The van der Waals surface area contributed by atoms with Crippen molar-refractivity contribution in [3.63, 3.8) is 0 Å². The summed E-state index contributed by atoms with van der Waals surface area (Å²) < 4.78 is 21.7. The molecule has 3 aromatic rings. The largest absolute Gasteiger partial charge is 0.478 e. The molecule has 0 spiro atoms. The zero-order chi connectivity index (χ0) is 18.8. The van der Waals surface area contributed by atoms with Crippen LogP contribution in [0.1, 0.15) is 24.3 Å². The second kappa shape index (κ2) is 7.20. The molecule has 0 aliphatic carbocycles. The maximum absolute atomic E-state index is 13.8. The first kappa shape index (κ1) is 18.0. The summed E-state index contributed by atoms with van der Waals surface area (Å²) in [6, 6.07) is 7.52. The number of pyridine rings is 1. The molecule has 0 N–H and O–H groups in total. The third-order valence-electron chi connectivity index (χ3n) is 3.67. The van der Waals surface area contributed by atoms with Crippen LogP contribution in [0.15, 0.2) is 47.2 Å². The van der Waals surface area contributed by atoms with Gasteiger partial charge in [-0.3, -0.25) is 0 Å². The van der Waals surface area contributed by atoms with Crippen LogP contribution in [-0.4, -0.2) is 19.7 Å². The molecule has 0 bridgehead atoms. The van der Waals surface area contributed by atoms with Crippen molar-refractivity contribution < 1.29 is 14.1 Å². The number of halogens is 2. The Labute approximate surface area is 156 Å². The summed E-state index contributed by atoms with van der Waals surface area (Å²) in [5.74, 6) is -0.860. The Morgan fingerprint density at radius 2 is 2.12 bits per heavy atom. The molecule has 2 aromatic heterocycles. The number of nitrogens with zero attached hydrogens (tertiary/aromatic N) is 4. The third-order valence-corrected chi connectivity index (χ3v) is 4.11. The highest BCUT2D eigenvalue weighted by molar-refractivity contribution is 9.10. The van der Waals surface area contributed by atoms with Crippen molar-refractivity contribution in [2.24, 2.45) is 0 Å². The van der Waals surface area contributed by atoms with Crippen LogP contribution in [0.2, 0.25) is 0 Å². The number of ether oxygens (including phenoxy) is 1. The van der Waals surface area contributed by atoms with E-state index < -0.39 is 22.7 Å². The molecule has 0 radical (unpaired) electrons. The van der Waals surface area contributed by atoms with Gasteiger partial charge in [-0.25, -0.2) is 9.07 Å². The smallest absolute Gasteiger partial charge is 0.406 e. The molecule has 0 aliphatic rings. The summed E-state index contributed by atoms with van der Waals surface area (Å²) in [5, 5.41) is 15.5. The van der Waals surface area contributed by atoms with E-state index in [4.69, 9.17) is 4.74 Å². The van der Waals surface area contributed by atoms with E-state index in [-0.39, 0.29) is 5.75 Å². The van der Waals surface area contributed by atoms with Gasteiger partial charge in [-0.2, -0.15) is 5.10 Å². The van der Waals surface area contributed by atoms with Crippen LogP contribution in [0, 0.1) is 22.9 Å². The highest BCUT2D eigenvalue weighted by atomic mass is 79.9. The molecule has 26 heavy (non-hydrogen) atoms. The summed E-state index contributed by atoms with van der Waals surface area (Å²) >= 11 is 3.22. The summed E-state index contributed by atoms with van der Waals surface area (Å²) in [4.78, 5) is 14.3. The fourth-order valence-electron chi connectivity index (χ4n) is 2.50. The van der Waals surface area contributed by atoms with Crippen LogP contribution in [0.5, 0.6) is 5.75 Å². The molecule has 0 saturated carbocycles. The van der Waals surface area contributed by atoms with E-state index in [1.165, 1.54) is 24.4 Å². The number of aromatic nitrogens is 3. The molecule has 7 nitrogen and oxygen atoms in total. The number of nitro groups is 1. The van der Waals surface area contributed by atoms with Crippen LogP contribution < -0.4 is 4.74 Å². The van der Waals surface area contributed by atoms with Crippen LogP contribution in [0.25, 0.3) is 5.69 Å². The third kappa shape index (κ3) is 3.72. The Kier molecular flexibility index (Phi) is 4.99. The van der Waals surface area contributed by atoms with Crippen molar-refractivity contribution in [2.75, 3.05) is 0 Å². The number of rotatable bonds is 5. The molecule has 9 heteroatoms. The van der Waals surface area contributed by atoms with Crippen LogP contribution >= 0.6 is 15.9 Å². The predicted molar refractivity (Wildman–Crippen MR) is 95.9 cm³/mol. The maximum atomic E-state index is 13.8. The summed E-state index contributed by atoms with van der Waals surface area (Å²) in [5.41, 5.74) is 1.93. The van der Waals surface area contributed by atoms with Gasteiger partial charge in [0, 0.05) is 17.8 Å². The summed E-state index contributed by atoms with van der Waals surface area (Å²) in [6.07, 6.45) is 2.39. The minimum atomic E-state index is -0.681. The molecule has 2 heterocycles. The molecule has 0 amide bonds. The summed E-state index contributed by atoms with van der Waals surface area (Å²) in [6.45, 7) is 3.52. The fraction of sp³-hybridized carbons (Fsp3) is 0.176. The lowest BCUT2D eigenvalue weighted by atomic mass is 10.1. The van der Waals surface area contributed by atoms with Crippen molar-refractivity contribution in [3.8, 4) is 11.4 Å². The summed E-state index contributed by atoms with van der Waals surface area (Å²) in [7, 11) is 0. The molecule has 1 aromatic carbocycles. The molecule has 134 valence electrons. The second-order valence-corrected chi connectivity index (χ2v) is 6.51. The average molecular weight is 421 g/mol. The van der Waals surface area contributed by atoms with Gasteiger partial charge in [0.1, 0.15) is 11.9 Å². The van der Waals surface area contributed by atoms with Crippen molar-refractivity contribution in [3.05, 3.63) is 74.4 Å². The molecular weight excluding hydrogens is 407 g/mol. The Bertz CT molecular complexity index is 976. The van der Waals surface area contributed by atoms with Crippen molar-refractivity contribution in [1.82, 2.24) is 14.8 Å². The number of hydrogen-bond acceptors (Lipinski definition) is 5. The van der Waals surface area contributed by atoms with E-state index >= 15 is 0 Å². The minimum Gasteiger partial charge on any atom is -0.478 e. The fourth-order valence-corrected chi connectivity index (χ4v) is 2.81. The van der Waals surface area contributed by atoms with Crippen molar-refractivity contribution >= 4 is 21.7 Å². The molecule has 0 fully saturated rings. The van der Waals surface area contributed by atoms with Gasteiger partial charge in [-0.05, 0) is 64.0 Å². The normalized spacial score (nSPS) is 12.0. The van der Waals surface area contributed by atoms with E-state index in [2.05, 4.69) is 26.0 Å². The quantitative estimate of drug-likeness (QED) is 0.447. The van der Waals surface area contributed by atoms with Crippen molar-refractivity contribution in [2.45, 2.75) is 20.0 Å². The monoisotopic (exact) mass is 420 g/mol. The molecule has 1 unspecified atom stereocenters. The lowest BCUT2D eigenvalue weighted by Crippen LogP contribution is -2.10. The minimum absolute atomic E-state index is 0.0104. The lowest BCUT2D eigenvalue weighted by Gasteiger charge is -2.18. The zero-order valence-corrected chi connectivity index (χ0v) is 15.5. The van der Waals surface area contributed by atoms with Crippen molar-refractivity contribution in [1.29, 1.82) is 0 Å². The Hall–Kier alpha value is -2.81. The highest BCUT2D eigenvalue weighted by Crippen LogP contribution is 2.33. The Morgan fingerprint density at radius 3 is 2.77 bits per heavy atom. The standard InChI is InChI=1S/C17H14BrFN4O3/c1-10-5-6-22(21-10)15-4-3-13(19)8-14(15)11(2)26-16-7-12(18)9-20-17(16)23(24)25/h3-9,11H,1-2H3. The maximum Gasteiger partial charge on any atom is 0.406 e. The first-order valence-electron chi connectivity index (χ1n) is 7.64. The van der Waals surface area contributed by atoms with E-state index in [1.807, 2.05) is 13.0 Å². The molecule has 3 rings (SSSR count). The molecule has 0 aliphatic heterocycles. The van der Waals surface area contributed by atoms with Gasteiger partial charge in [0.05, 0.1) is 15.9 Å². The van der Waals surface area contributed by atoms with E-state index in [0.29, 0.717) is 15.7 Å². The van der Waals surface area contributed by atoms with Gasteiger partial charge in [0.2, 0.25) is 5.75 Å². The molecule has 1 atom stereocenters. The average Bonchev–Trinajstić information content (AvgIpc) is 3.00. The predicted octanol–water partition coefficient (Wildman–Crippen LogP) is 4.53. The number of hydrogen-bond donors (Lipinski definition) is 0. The van der Waals surface area contributed by atoms with E-state index in [1.54, 1.807) is 23.9 Å².